The second-order valence-corrected chi connectivity index (χ2v) is 22.3. The van der Waals surface area contributed by atoms with Crippen LogP contribution in [-0.2, 0) is 28.9 Å². The molecule has 1 rings (SSSR count). The highest BCUT2D eigenvalue weighted by molar-refractivity contribution is 7.80. The minimum absolute atomic E-state index is 0.261. The topological polar surface area (TPSA) is 192 Å². The molecule has 7 unspecified atom stereocenters. The number of amides is 1. The SMILES string of the molecule is CCCCCCCCCCC/C=C/C(O)C(COC1OC(CO)C(O)C(OS(=O)(=O)O)C1O)NC(=O)CCCCCCCCCCCCCCCCCCC/C=C\C/C=C\CCCCCCCCCCCCC. The van der Waals surface area contributed by atoms with E-state index in [0.29, 0.717) is 6.42 Å². The Morgan fingerprint density at radius 1 is 0.548 bits per heavy atom. The standard InChI is InChI=1S/C60H113NO11S/c1-3-5-7-9-11-13-15-16-17-18-19-20-21-22-23-24-25-26-27-28-29-30-31-32-33-34-35-36-37-38-40-42-44-46-48-50-56(64)61-53(54(63)49-47-45-43-41-39-14-12-10-8-6-4-2)52-70-60-58(66)59(72-73(67,68)69)57(65)55(51-62)71-60/h21-22,24-25,47,49,53-55,57-60,62-63,65-66H,3-20,23,26-46,48,50-52H2,1-2H3,(H,61,64)(H,67,68,69)/b22-21-,25-24-,49-47+. The van der Waals surface area contributed by atoms with Crippen LogP contribution in [0.3, 0.4) is 0 Å². The Balaban J connectivity index is 2.18. The summed E-state index contributed by atoms with van der Waals surface area (Å²) in [6.07, 6.45) is 55.2. The maximum atomic E-state index is 13.1. The molecule has 0 saturated carbocycles. The zero-order valence-corrected chi connectivity index (χ0v) is 47.5. The van der Waals surface area contributed by atoms with Crippen molar-refractivity contribution in [1.29, 1.82) is 0 Å². The van der Waals surface area contributed by atoms with Crippen LogP contribution in [0.2, 0.25) is 0 Å². The predicted molar refractivity (Wildman–Crippen MR) is 301 cm³/mol. The Bertz CT molecular complexity index is 1430. The van der Waals surface area contributed by atoms with E-state index in [2.05, 4.69) is 47.7 Å². The molecule has 0 aromatic carbocycles. The van der Waals surface area contributed by atoms with E-state index in [-0.39, 0.29) is 18.9 Å². The highest BCUT2D eigenvalue weighted by Gasteiger charge is 2.48. The summed E-state index contributed by atoms with van der Waals surface area (Å²) in [6, 6.07) is -0.942. The average Bonchev–Trinajstić information content (AvgIpc) is 3.37. The zero-order chi connectivity index (χ0) is 53.3. The maximum Gasteiger partial charge on any atom is 0.397 e. The normalized spacial score (nSPS) is 19.5. The van der Waals surface area contributed by atoms with E-state index in [0.717, 1.165) is 44.9 Å². The zero-order valence-electron chi connectivity index (χ0n) is 46.7. The van der Waals surface area contributed by atoms with Crippen molar-refractivity contribution in [3.8, 4) is 0 Å². The molecule has 7 atom stereocenters. The van der Waals surface area contributed by atoms with Crippen molar-refractivity contribution in [2.24, 2.45) is 0 Å². The van der Waals surface area contributed by atoms with Gasteiger partial charge in [0, 0.05) is 6.42 Å². The molecule has 0 aliphatic carbocycles. The molecule has 0 bridgehead atoms. The summed E-state index contributed by atoms with van der Waals surface area (Å²) in [4.78, 5) is 13.1. The second kappa shape index (κ2) is 49.9. The third-order valence-electron chi connectivity index (χ3n) is 14.4. The summed E-state index contributed by atoms with van der Waals surface area (Å²) < 4.78 is 47.7. The lowest BCUT2D eigenvalue weighted by Crippen LogP contribution is -2.61. The number of aliphatic hydroxyl groups is 4. The third kappa shape index (κ3) is 42.1. The molecular formula is C60H113NO11S. The summed E-state index contributed by atoms with van der Waals surface area (Å²) in [6.45, 7) is 3.40. The first-order valence-electron chi connectivity index (χ1n) is 30.4. The van der Waals surface area contributed by atoms with Crippen LogP contribution < -0.4 is 5.32 Å². The molecule has 73 heavy (non-hydrogen) atoms. The lowest BCUT2D eigenvalue weighted by molar-refractivity contribution is -0.298. The van der Waals surface area contributed by atoms with Gasteiger partial charge in [-0.05, 0) is 51.4 Å². The van der Waals surface area contributed by atoms with Gasteiger partial charge < -0.3 is 35.2 Å². The minimum Gasteiger partial charge on any atom is -0.394 e. The van der Waals surface area contributed by atoms with E-state index in [1.807, 2.05) is 6.08 Å². The van der Waals surface area contributed by atoms with Gasteiger partial charge in [0.25, 0.3) is 0 Å². The van der Waals surface area contributed by atoms with Crippen LogP contribution in [0.25, 0.3) is 0 Å². The minimum atomic E-state index is -5.09. The van der Waals surface area contributed by atoms with E-state index >= 15 is 0 Å². The van der Waals surface area contributed by atoms with Crippen molar-refractivity contribution in [3.05, 3.63) is 36.5 Å². The van der Waals surface area contributed by atoms with Gasteiger partial charge >= 0.3 is 10.4 Å². The number of unbranched alkanes of at least 4 members (excludes halogenated alkanes) is 37. The molecule has 12 nitrogen and oxygen atoms in total. The van der Waals surface area contributed by atoms with E-state index in [4.69, 9.17) is 9.47 Å². The van der Waals surface area contributed by atoms with Crippen molar-refractivity contribution < 1.29 is 51.8 Å². The highest BCUT2D eigenvalue weighted by Crippen LogP contribution is 2.26. The van der Waals surface area contributed by atoms with Gasteiger partial charge in [0.1, 0.15) is 24.4 Å². The van der Waals surface area contributed by atoms with Crippen molar-refractivity contribution in [2.45, 2.75) is 326 Å². The van der Waals surface area contributed by atoms with Gasteiger partial charge in [-0.15, -0.1) is 0 Å². The lowest BCUT2D eigenvalue weighted by atomic mass is 9.99. The molecule has 1 amide bonds. The monoisotopic (exact) mass is 1060 g/mol. The smallest absolute Gasteiger partial charge is 0.394 e. The molecule has 13 heteroatoms. The van der Waals surface area contributed by atoms with E-state index in [1.54, 1.807) is 6.08 Å². The van der Waals surface area contributed by atoms with Crippen molar-refractivity contribution in [1.82, 2.24) is 5.32 Å². The molecule has 430 valence electrons. The fourth-order valence-electron chi connectivity index (χ4n) is 9.72. The van der Waals surface area contributed by atoms with Gasteiger partial charge in [0.15, 0.2) is 6.29 Å². The molecule has 1 heterocycles. The van der Waals surface area contributed by atoms with Crippen molar-refractivity contribution >= 4 is 16.3 Å². The first-order valence-corrected chi connectivity index (χ1v) is 31.7. The summed E-state index contributed by atoms with van der Waals surface area (Å²) in [5, 5.41) is 44.8. The number of ether oxygens (including phenoxy) is 2. The van der Waals surface area contributed by atoms with E-state index in [1.165, 1.54) is 212 Å². The average molecular weight is 1060 g/mol. The van der Waals surface area contributed by atoms with Crippen LogP contribution in [-0.4, -0.2) is 95.4 Å². The first kappa shape index (κ1) is 69.3. The summed E-state index contributed by atoms with van der Waals surface area (Å²) in [5.41, 5.74) is 0. The number of carbonyl (C=O) groups excluding carboxylic acids is 1. The molecule has 6 N–H and O–H groups in total. The van der Waals surface area contributed by atoms with Gasteiger partial charge in [0.05, 0.1) is 25.4 Å². The van der Waals surface area contributed by atoms with Crippen molar-refractivity contribution in [3.63, 3.8) is 0 Å². The van der Waals surface area contributed by atoms with Gasteiger partial charge in [0.2, 0.25) is 5.91 Å². The van der Waals surface area contributed by atoms with Crippen LogP contribution in [0, 0.1) is 0 Å². The molecule has 1 saturated heterocycles. The largest absolute Gasteiger partial charge is 0.397 e. The molecule has 0 aromatic rings. The van der Waals surface area contributed by atoms with Gasteiger partial charge in [-0.2, -0.15) is 8.42 Å². The Morgan fingerprint density at radius 3 is 1.30 bits per heavy atom. The molecule has 1 fully saturated rings. The van der Waals surface area contributed by atoms with Crippen LogP contribution in [0.5, 0.6) is 0 Å². The molecular weight excluding hydrogens is 943 g/mol. The lowest BCUT2D eigenvalue weighted by Gasteiger charge is -2.41. The molecule has 1 aliphatic heterocycles. The van der Waals surface area contributed by atoms with Gasteiger partial charge in [-0.3, -0.25) is 9.35 Å². The first-order chi connectivity index (χ1) is 35.5. The summed E-state index contributed by atoms with van der Waals surface area (Å²) in [7, 11) is -5.09. The third-order valence-corrected chi connectivity index (χ3v) is 14.9. The van der Waals surface area contributed by atoms with Gasteiger partial charge in [-0.1, -0.05) is 262 Å². The predicted octanol–water partition coefficient (Wildman–Crippen LogP) is 14.6. The maximum absolute atomic E-state index is 13.1. The van der Waals surface area contributed by atoms with Crippen LogP contribution in [0.1, 0.15) is 284 Å². The van der Waals surface area contributed by atoms with Gasteiger partial charge in [-0.25, -0.2) is 4.18 Å². The number of allylic oxidation sites excluding steroid dienone is 5. The number of rotatable bonds is 53. The quantitative estimate of drug-likeness (QED) is 0.0193. The Labute approximate surface area is 447 Å². The van der Waals surface area contributed by atoms with Crippen LogP contribution >= 0.6 is 0 Å². The number of hydrogen-bond donors (Lipinski definition) is 6. The van der Waals surface area contributed by atoms with Crippen molar-refractivity contribution in [2.75, 3.05) is 13.2 Å². The second-order valence-electron chi connectivity index (χ2n) is 21.3. The number of carbonyl (C=O) groups is 1. The van der Waals surface area contributed by atoms with E-state index in [9.17, 15) is 38.2 Å². The van der Waals surface area contributed by atoms with Crippen LogP contribution in [0.15, 0.2) is 36.5 Å². The fraction of sp³-hybridized carbons (Fsp3) is 0.883. The Morgan fingerprint density at radius 2 is 0.918 bits per heavy atom. The van der Waals surface area contributed by atoms with E-state index < -0.39 is 59.9 Å². The highest BCUT2D eigenvalue weighted by atomic mass is 32.3. The summed E-state index contributed by atoms with van der Waals surface area (Å²) in [5.74, 6) is -0.261. The number of nitrogens with one attached hydrogen (secondary N) is 1. The number of aliphatic hydroxyl groups excluding tert-OH is 4. The summed E-state index contributed by atoms with van der Waals surface area (Å²) >= 11 is 0. The molecule has 0 radical (unpaired) electrons. The van der Waals surface area contributed by atoms with Crippen LogP contribution in [0.4, 0.5) is 0 Å². The molecule has 0 aromatic heterocycles. The Kier molecular flexibility index (Phi) is 47.4. The molecule has 0 spiro atoms. The number of hydrogen-bond acceptors (Lipinski definition) is 10. The molecule has 1 aliphatic rings. The Hall–Kier alpha value is -1.68. The fourth-order valence-corrected chi connectivity index (χ4v) is 10.2.